The molecule has 6 heteroatoms. The highest BCUT2D eigenvalue weighted by Gasteiger charge is 2.19. The van der Waals surface area contributed by atoms with Crippen LogP contribution in [0.25, 0.3) is 0 Å². The van der Waals surface area contributed by atoms with Crippen LogP contribution in [0.15, 0.2) is 36.5 Å². The molecule has 6 nitrogen and oxygen atoms in total. The van der Waals surface area contributed by atoms with Gasteiger partial charge in [0.1, 0.15) is 13.2 Å². The van der Waals surface area contributed by atoms with Crippen LogP contribution < -0.4 is 0 Å². The molecule has 0 aliphatic heterocycles. The molecule has 43 heavy (non-hydrogen) atoms. The molecule has 248 valence electrons. The maximum Gasteiger partial charge on any atom is 0.306 e. The Morgan fingerprint density at radius 2 is 0.907 bits per heavy atom. The van der Waals surface area contributed by atoms with Crippen molar-refractivity contribution in [2.24, 2.45) is 0 Å². The van der Waals surface area contributed by atoms with Crippen LogP contribution in [0, 0.1) is 0 Å². The van der Waals surface area contributed by atoms with Crippen LogP contribution in [0.1, 0.15) is 162 Å². The number of esters is 3. The maximum absolute atomic E-state index is 12.5. The van der Waals surface area contributed by atoms with Gasteiger partial charge in [0, 0.05) is 19.3 Å². The van der Waals surface area contributed by atoms with Gasteiger partial charge in [-0.3, -0.25) is 14.4 Å². The molecule has 0 amide bonds. The predicted octanol–water partition coefficient (Wildman–Crippen LogP) is 10.3. The van der Waals surface area contributed by atoms with E-state index in [4.69, 9.17) is 14.2 Å². The van der Waals surface area contributed by atoms with Crippen molar-refractivity contribution in [1.82, 2.24) is 0 Å². The molecule has 0 saturated heterocycles. The van der Waals surface area contributed by atoms with Gasteiger partial charge in [0.15, 0.2) is 6.10 Å². The molecule has 0 saturated carbocycles. The zero-order valence-corrected chi connectivity index (χ0v) is 28.0. The first-order valence-electron chi connectivity index (χ1n) is 17.5. The number of hydrogen-bond acceptors (Lipinski definition) is 6. The third-order valence-corrected chi connectivity index (χ3v) is 7.16. The lowest BCUT2D eigenvalue weighted by Gasteiger charge is -2.18. The molecule has 0 aromatic rings. The van der Waals surface area contributed by atoms with E-state index in [2.05, 4.69) is 57.2 Å². The lowest BCUT2D eigenvalue weighted by molar-refractivity contribution is -0.167. The highest BCUT2D eigenvalue weighted by atomic mass is 16.6. The summed E-state index contributed by atoms with van der Waals surface area (Å²) in [5.74, 6) is -0.936. The van der Waals surface area contributed by atoms with Crippen molar-refractivity contribution < 1.29 is 28.6 Å². The molecular formula is C37H64O6. The number of ether oxygens (including phenoxy) is 3. The van der Waals surface area contributed by atoms with Crippen molar-refractivity contribution in [2.45, 2.75) is 168 Å². The van der Waals surface area contributed by atoms with E-state index in [-0.39, 0.29) is 31.1 Å². The number of hydrogen-bond donors (Lipinski definition) is 0. The lowest BCUT2D eigenvalue weighted by Crippen LogP contribution is -2.30. The fourth-order valence-electron chi connectivity index (χ4n) is 4.51. The Morgan fingerprint density at radius 3 is 1.42 bits per heavy atom. The first-order valence-corrected chi connectivity index (χ1v) is 17.5. The molecule has 0 unspecified atom stereocenters. The maximum atomic E-state index is 12.5. The molecule has 0 bridgehead atoms. The number of rotatable bonds is 30. The van der Waals surface area contributed by atoms with E-state index >= 15 is 0 Å². The molecule has 0 aromatic carbocycles. The zero-order valence-electron chi connectivity index (χ0n) is 28.0. The quantitative estimate of drug-likeness (QED) is 0.0351. The first-order chi connectivity index (χ1) is 21.0. The summed E-state index contributed by atoms with van der Waals surface area (Å²) < 4.78 is 16.3. The SMILES string of the molecule is CC/C=C\C/C=C\C/C=C\CCCCCCCC(=O)OC(COC(=O)CCCCCCC)COC(=O)CCCCCCC. The fraction of sp³-hybridized carbons (Fsp3) is 0.757. The van der Waals surface area contributed by atoms with Crippen molar-refractivity contribution >= 4 is 17.9 Å². The van der Waals surface area contributed by atoms with Gasteiger partial charge in [-0.15, -0.1) is 0 Å². The van der Waals surface area contributed by atoms with Crippen LogP contribution in [-0.2, 0) is 28.6 Å². The molecular weight excluding hydrogens is 540 g/mol. The largest absolute Gasteiger partial charge is 0.462 e. The summed E-state index contributed by atoms with van der Waals surface area (Å²) in [6.45, 7) is 6.30. The van der Waals surface area contributed by atoms with Gasteiger partial charge in [0.25, 0.3) is 0 Å². The van der Waals surface area contributed by atoms with Gasteiger partial charge in [-0.1, -0.05) is 128 Å². The van der Waals surface area contributed by atoms with Gasteiger partial charge in [-0.05, 0) is 51.4 Å². The molecule has 0 aliphatic rings. The summed E-state index contributed by atoms with van der Waals surface area (Å²) in [5.41, 5.74) is 0. The number of allylic oxidation sites excluding steroid dienone is 6. The molecule has 0 rings (SSSR count). The minimum atomic E-state index is -0.768. The minimum Gasteiger partial charge on any atom is -0.462 e. The molecule has 0 aromatic heterocycles. The van der Waals surface area contributed by atoms with Crippen LogP contribution in [0.2, 0.25) is 0 Å². The fourth-order valence-corrected chi connectivity index (χ4v) is 4.51. The van der Waals surface area contributed by atoms with E-state index in [1.54, 1.807) is 0 Å². The van der Waals surface area contributed by atoms with E-state index in [1.165, 1.54) is 12.8 Å². The van der Waals surface area contributed by atoms with Crippen molar-refractivity contribution in [3.63, 3.8) is 0 Å². The van der Waals surface area contributed by atoms with E-state index in [0.29, 0.717) is 19.3 Å². The molecule has 0 spiro atoms. The van der Waals surface area contributed by atoms with Crippen molar-refractivity contribution in [1.29, 1.82) is 0 Å². The summed E-state index contributed by atoms with van der Waals surface area (Å²) in [5, 5.41) is 0. The third kappa shape index (κ3) is 30.9. The Labute approximate surface area is 264 Å². The van der Waals surface area contributed by atoms with Crippen LogP contribution in [0.5, 0.6) is 0 Å². The molecule has 0 radical (unpaired) electrons. The van der Waals surface area contributed by atoms with Gasteiger partial charge in [-0.2, -0.15) is 0 Å². The highest BCUT2D eigenvalue weighted by Crippen LogP contribution is 2.11. The Bertz CT molecular complexity index is 724. The number of carbonyl (C=O) groups excluding carboxylic acids is 3. The summed E-state index contributed by atoms with van der Waals surface area (Å²) in [4.78, 5) is 36.9. The Hall–Kier alpha value is -2.37. The van der Waals surface area contributed by atoms with E-state index in [0.717, 1.165) is 109 Å². The lowest BCUT2D eigenvalue weighted by atomic mass is 10.1. The molecule has 0 N–H and O–H groups in total. The summed E-state index contributed by atoms with van der Waals surface area (Å²) in [7, 11) is 0. The first kappa shape index (κ1) is 40.6. The number of unbranched alkanes of at least 4 members (excludes halogenated alkanes) is 13. The molecule has 0 aliphatic carbocycles. The standard InChI is InChI=1S/C37H64O6/c1-4-7-10-13-14-15-16-17-18-19-20-21-22-25-28-31-37(40)43-34(32-41-35(38)29-26-23-11-8-5-2)33-42-36(39)30-27-24-12-9-6-3/h7,10,14-15,17-18,34H,4-6,8-9,11-13,16,19-33H2,1-3H3/b10-7-,15-14-,18-17-. The topological polar surface area (TPSA) is 78.9 Å². The Kier molecular flexibility index (Phi) is 30.7. The van der Waals surface area contributed by atoms with Crippen LogP contribution in [-0.4, -0.2) is 37.2 Å². The zero-order chi connectivity index (χ0) is 31.6. The smallest absolute Gasteiger partial charge is 0.306 e. The van der Waals surface area contributed by atoms with Crippen LogP contribution in [0.3, 0.4) is 0 Å². The van der Waals surface area contributed by atoms with Crippen molar-refractivity contribution in [3.8, 4) is 0 Å². The predicted molar refractivity (Wildman–Crippen MR) is 178 cm³/mol. The minimum absolute atomic E-state index is 0.0808. The summed E-state index contributed by atoms with van der Waals surface area (Å²) in [6.07, 6.45) is 33.3. The van der Waals surface area contributed by atoms with Crippen LogP contribution >= 0.6 is 0 Å². The normalized spacial score (nSPS) is 11.7. The van der Waals surface area contributed by atoms with Crippen molar-refractivity contribution in [3.05, 3.63) is 36.5 Å². The average molecular weight is 605 g/mol. The van der Waals surface area contributed by atoms with Gasteiger partial charge >= 0.3 is 17.9 Å². The van der Waals surface area contributed by atoms with Gasteiger partial charge in [0.2, 0.25) is 0 Å². The molecule has 0 heterocycles. The monoisotopic (exact) mass is 604 g/mol. The average Bonchev–Trinajstić information content (AvgIpc) is 3.00. The van der Waals surface area contributed by atoms with Gasteiger partial charge in [0.05, 0.1) is 0 Å². The van der Waals surface area contributed by atoms with Crippen molar-refractivity contribution in [2.75, 3.05) is 13.2 Å². The van der Waals surface area contributed by atoms with Crippen LogP contribution in [0.4, 0.5) is 0 Å². The summed E-state index contributed by atoms with van der Waals surface area (Å²) >= 11 is 0. The molecule has 0 atom stereocenters. The third-order valence-electron chi connectivity index (χ3n) is 7.16. The van der Waals surface area contributed by atoms with Gasteiger partial charge < -0.3 is 14.2 Å². The van der Waals surface area contributed by atoms with E-state index in [1.807, 2.05) is 0 Å². The summed E-state index contributed by atoms with van der Waals surface area (Å²) in [6, 6.07) is 0. The second-order valence-electron chi connectivity index (χ2n) is 11.4. The number of carbonyl (C=O) groups is 3. The molecule has 0 fully saturated rings. The van der Waals surface area contributed by atoms with E-state index in [9.17, 15) is 14.4 Å². The second-order valence-corrected chi connectivity index (χ2v) is 11.4. The second kappa shape index (κ2) is 32.5. The Balaban J connectivity index is 4.27. The highest BCUT2D eigenvalue weighted by molar-refractivity contribution is 5.71. The van der Waals surface area contributed by atoms with Gasteiger partial charge in [-0.25, -0.2) is 0 Å². The Morgan fingerprint density at radius 1 is 0.488 bits per heavy atom. The van der Waals surface area contributed by atoms with E-state index < -0.39 is 6.10 Å².